The number of allylic oxidation sites excluding steroid dienone is 1. The zero-order chi connectivity index (χ0) is 22.8. The van der Waals surface area contributed by atoms with Gasteiger partial charge in [-0.3, -0.25) is 9.36 Å². The lowest BCUT2D eigenvalue weighted by Gasteiger charge is -2.23. The van der Waals surface area contributed by atoms with Gasteiger partial charge in [0.25, 0.3) is 5.56 Å². The van der Waals surface area contributed by atoms with Gasteiger partial charge in [-0.15, -0.1) is 11.3 Å². The molecule has 0 fully saturated rings. The third-order valence-corrected chi connectivity index (χ3v) is 6.82. The van der Waals surface area contributed by atoms with Crippen LogP contribution in [0.4, 0.5) is 0 Å². The van der Waals surface area contributed by atoms with E-state index in [0.29, 0.717) is 38.5 Å². The highest BCUT2D eigenvalue weighted by molar-refractivity contribution is 7.10. The summed E-state index contributed by atoms with van der Waals surface area (Å²) in [5, 5.41) is 11.9. The van der Waals surface area contributed by atoms with Crippen molar-refractivity contribution in [3.63, 3.8) is 0 Å². The molecule has 4 rings (SSSR count). The molecule has 3 heterocycles. The summed E-state index contributed by atoms with van der Waals surface area (Å²) in [4.78, 5) is 32.2. The van der Waals surface area contributed by atoms with Gasteiger partial charge < -0.3 is 14.6 Å². The first-order valence-electron chi connectivity index (χ1n) is 10.1. The fourth-order valence-electron chi connectivity index (χ4n) is 3.55. The Balaban J connectivity index is 1.89. The number of aromatic hydroxyl groups is 1. The molecule has 1 atom stereocenters. The number of phenols is 1. The topological polar surface area (TPSA) is 90.1 Å². The quantitative estimate of drug-likeness (QED) is 0.560. The number of hydrogen-bond acceptors (Lipinski definition) is 8. The molecule has 0 saturated carbocycles. The van der Waals surface area contributed by atoms with E-state index < -0.39 is 12.0 Å². The van der Waals surface area contributed by atoms with E-state index in [1.54, 1.807) is 36.6 Å². The third kappa shape index (κ3) is 4.01. The van der Waals surface area contributed by atoms with Crippen LogP contribution < -0.4 is 19.6 Å². The van der Waals surface area contributed by atoms with Crippen LogP contribution in [0.2, 0.25) is 0 Å². The summed E-state index contributed by atoms with van der Waals surface area (Å²) in [5.74, 6) is -0.0786. The van der Waals surface area contributed by atoms with E-state index >= 15 is 0 Å². The number of aromatic nitrogens is 1. The summed E-state index contributed by atoms with van der Waals surface area (Å²) in [6.07, 6.45) is 1.74. The maximum absolute atomic E-state index is 13.5. The largest absolute Gasteiger partial charge is 0.504 e. The molecule has 0 aliphatic carbocycles. The van der Waals surface area contributed by atoms with Crippen LogP contribution in [0.5, 0.6) is 11.5 Å². The van der Waals surface area contributed by atoms with Gasteiger partial charge in [0.05, 0.1) is 29.0 Å². The highest BCUT2D eigenvalue weighted by Crippen LogP contribution is 2.33. The monoisotopic (exact) mass is 470 g/mol. The predicted molar refractivity (Wildman–Crippen MR) is 124 cm³/mol. The zero-order valence-corrected chi connectivity index (χ0v) is 19.5. The van der Waals surface area contributed by atoms with Gasteiger partial charge >= 0.3 is 5.97 Å². The Bertz CT molecular complexity index is 1370. The van der Waals surface area contributed by atoms with Crippen molar-refractivity contribution in [3.8, 4) is 11.5 Å². The van der Waals surface area contributed by atoms with E-state index in [-0.39, 0.29) is 17.9 Å². The van der Waals surface area contributed by atoms with Gasteiger partial charge in [0.2, 0.25) is 0 Å². The maximum Gasteiger partial charge on any atom is 0.338 e. The van der Waals surface area contributed by atoms with Crippen molar-refractivity contribution < 1.29 is 19.4 Å². The van der Waals surface area contributed by atoms with Gasteiger partial charge in [0.15, 0.2) is 16.3 Å². The van der Waals surface area contributed by atoms with Crippen LogP contribution in [0.1, 0.15) is 37.3 Å². The predicted octanol–water partition coefficient (Wildman–Crippen LogP) is 2.96. The first kappa shape index (κ1) is 22.0. The molecule has 1 unspecified atom stereocenters. The fraction of sp³-hybridized carbons (Fsp3) is 0.261. The van der Waals surface area contributed by atoms with Crippen LogP contribution in [0.15, 0.2) is 56.8 Å². The maximum atomic E-state index is 13.5. The second-order valence-corrected chi connectivity index (χ2v) is 8.97. The summed E-state index contributed by atoms with van der Waals surface area (Å²) >= 11 is 2.73. The molecule has 1 aliphatic rings. The standard InChI is InChI=1S/C23H22N2O5S2/c1-4-29-16-11-14(8-9-15(16)26)12-18-21(27)25-20(17-7-6-10-31-17)19(22(28)30-5-2)13(3)24-23(25)32-18/h6-12,20,26H,4-5H2,1-3H3. The van der Waals surface area contributed by atoms with Crippen molar-refractivity contribution in [1.82, 2.24) is 4.57 Å². The van der Waals surface area contributed by atoms with Crippen molar-refractivity contribution in [1.29, 1.82) is 0 Å². The molecule has 7 nitrogen and oxygen atoms in total. The SMILES string of the molecule is CCOC(=O)C1=C(C)N=c2sc(=Cc3ccc(O)c(OCC)c3)c(=O)n2C1c1cccs1. The number of benzene rings is 1. The molecule has 1 aromatic carbocycles. The summed E-state index contributed by atoms with van der Waals surface area (Å²) < 4.78 is 12.7. The smallest absolute Gasteiger partial charge is 0.338 e. The normalized spacial score (nSPS) is 16.0. The zero-order valence-electron chi connectivity index (χ0n) is 17.8. The molecule has 0 amide bonds. The van der Waals surface area contributed by atoms with E-state index in [9.17, 15) is 14.7 Å². The molecule has 166 valence electrons. The number of hydrogen-bond donors (Lipinski definition) is 1. The van der Waals surface area contributed by atoms with E-state index in [1.165, 1.54) is 28.7 Å². The molecule has 3 aromatic rings. The van der Waals surface area contributed by atoms with E-state index in [2.05, 4.69) is 4.99 Å². The molecule has 0 radical (unpaired) electrons. The molecule has 2 aromatic heterocycles. The van der Waals surface area contributed by atoms with Crippen LogP contribution in [0, 0.1) is 0 Å². The Morgan fingerprint density at radius 3 is 2.78 bits per heavy atom. The van der Waals surface area contributed by atoms with Crippen LogP contribution >= 0.6 is 22.7 Å². The molecule has 1 N–H and O–H groups in total. The highest BCUT2D eigenvalue weighted by Gasteiger charge is 2.33. The summed E-state index contributed by atoms with van der Waals surface area (Å²) in [7, 11) is 0. The molecular weight excluding hydrogens is 448 g/mol. The van der Waals surface area contributed by atoms with Crippen LogP contribution in [-0.4, -0.2) is 28.9 Å². The lowest BCUT2D eigenvalue weighted by Crippen LogP contribution is -2.39. The number of nitrogens with zero attached hydrogens (tertiary/aromatic N) is 2. The minimum absolute atomic E-state index is 0.0397. The number of thiazole rings is 1. The third-order valence-electron chi connectivity index (χ3n) is 4.91. The Morgan fingerprint density at radius 2 is 2.09 bits per heavy atom. The average molecular weight is 471 g/mol. The van der Waals surface area contributed by atoms with Crippen molar-refractivity contribution >= 4 is 34.7 Å². The van der Waals surface area contributed by atoms with E-state index in [0.717, 1.165) is 4.88 Å². The minimum atomic E-state index is -0.591. The van der Waals surface area contributed by atoms with Crippen LogP contribution in [0.3, 0.4) is 0 Å². The molecule has 1 aliphatic heterocycles. The molecule has 9 heteroatoms. The lowest BCUT2D eigenvalue weighted by molar-refractivity contribution is -0.139. The summed E-state index contributed by atoms with van der Waals surface area (Å²) in [6.45, 7) is 5.99. The van der Waals surface area contributed by atoms with Gasteiger partial charge in [-0.1, -0.05) is 23.5 Å². The van der Waals surface area contributed by atoms with Gasteiger partial charge in [-0.2, -0.15) is 0 Å². The lowest BCUT2D eigenvalue weighted by atomic mass is 10.0. The molecule has 0 spiro atoms. The number of ether oxygens (including phenoxy) is 2. The first-order valence-corrected chi connectivity index (χ1v) is 11.8. The summed E-state index contributed by atoms with van der Waals surface area (Å²) in [5.41, 5.74) is 1.38. The van der Waals surface area contributed by atoms with Crippen LogP contribution in [-0.2, 0) is 9.53 Å². The van der Waals surface area contributed by atoms with Gasteiger partial charge in [-0.05, 0) is 56.0 Å². The number of carbonyl (C=O) groups excluding carboxylic acids is 1. The average Bonchev–Trinajstić information content (AvgIpc) is 3.39. The minimum Gasteiger partial charge on any atom is -0.504 e. The summed E-state index contributed by atoms with van der Waals surface area (Å²) in [6, 6.07) is 8.13. The Hall–Kier alpha value is -3.17. The Morgan fingerprint density at radius 1 is 1.28 bits per heavy atom. The first-order chi connectivity index (χ1) is 15.4. The Labute approximate surface area is 192 Å². The molecule has 0 bridgehead atoms. The fourth-order valence-corrected chi connectivity index (χ4v) is 5.42. The van der Waals surface area contributed by atoms with Crippen LogP contribution in [0.25, 0.3) is 6.08 Å². The second-order valence-electron chi connectivity index (χ2n) is 6.98. The number of fused-ring (bicyclic) bond motifs is 1. The number of esters is 1. The van der Waals surface area contributed by atoms with E-state index in [4.69, 9.17) is 9.47 Å². The Kier molecular flexibility index (Phi) is 6.29. The van der Waals surface area contributed by atoms with Gasteiger partial charge in [0.1, 0.15) is 6.04 Å². The highest BCUT2D eigenvalue weighted by atomic mass is 32.1. The number of rotatable bonds is 6. The molecule has 0 saturated heterocycles. The number of thiophene rings is 1. The van der Waals surface area contributed by atoms with Gasteiger partial charge in [-0.25, -0.2) is 9.79 Å². The molecular formula is C23H22N2O5S2. The van der Waals surface area contributed by atoms with Crippen molar-refractivity contribution in [2.45, 2.75) is 26.8 Å². The van der Waals surface area contributed by atoms with Crippen molar-refractivity contribution in [3.05, 3.63) is 77.1 Å². The number of phenolic OH excluding ortho intramolecular Hbond substituents is 1. The van der Waals surface area contributed by atoms with E-state index in [1.807, 2.05) is 24.4 Å². The van der Waals surface area contributed by atoms with Gasteiger partial charge in [0, 0.05) is 4.88 Å². The number of carbonyl (C=O) groups is 1. The molecule has 32 heavy (non-hydrogen) atoms. The second kappa shape index (κ2) is 9.13. The van der Waals surface area contributed by atoms with Crippen molar-refractivity contribution in [2.75, 3.05) is 13.2 Å². The van der Waals surface area contributed by atoms with Crippen molar-refractivity contribution in [2.24, 2.45) is 4.99 Å².